The van der Waals surface area contributed by atoms with Crippen LogP contribution in [0, 0.1) is 0 Å². The van der Waals surface area contributed by atoms with Crippen LogP contribution < -0.4 is 0 Å². The second kappa shape index (κ2) is 6.71. The standard InChI is InChI=1S/C11H22O4Si/c1-2-3-6-14-16-7-4-5-11(15-16)13-9-10-8-12-10/h10-11,16H,2-9H2,1H3. The second-order valence-electron chi connectivity index (χ2n) is 4.44. The molecule has 0 spiro atoms. The van der Waals surface area contributed by atoms with Gasteiger partial charge >= 0.3 is 9.28 Å². The Bertz CT molecular complexity index is 198. The predicted octanol–water partition coefficient (Wildman–Crippen LogP) is 1.58. The molecule has 2 rings (SSSR count). The zero-order chi connectivity index (χ0) is 11.2. The van der Waals surface area contributed by atoms with Gasteiger partial charge in [-0.1, -0.05) is 13.3 Å². The van der Waals surface area contributed by atoms with E-state index < -0.39 is 9.28 Å². The molecule has 94 valence electrons. The van der Waals surface area contributed by atoms with Crippen LogP contribution in [-0.4, -0.2) is 41.5 Å². The van der Waals surface area contributed by atoms with E-state index in [9.17, 15) is 0 Å². The van der Waals surface area contributed by atoms with Crippen LogP contribution in [-0.2, 0) is 18.3 Å². The van der Waals surface area contributed by atoms with E-state index in [4.69, 9.17) is 18.3 Å². The maximum Gasteiger partial charge on any atom is 0.323 e. The minimum absolute atomic E-state index is 0.0313. The number of ether oxygens (including phenoxy) is 2. The Kier molecular flexibility index (Phi) is 5.25. The highest BCUT2D eigenvalue weighted by atomic mass is 28.3. The third-order valence-electron chi connectivity index (χ3n) is 2.86. The van der Waals surface area contributed by atoms with Crippen LogP contribution in [0.4, 0.5) is 0 Å². The van der Waals surface area contributed by atoms with Gasteiger partial charge in [-0.15, -0.1) is 0 Å². The fraction of sp³-hybridized carbons (Fsp3) is 1.00. The summed E-state index contributed by atoms with van der Waals surface area (Å²) in [5, 5.41) is 0. The van der Waals surface area contributed by atoms with E-state index >= 15 is 0 Å². The van der Waals surface area contributed by atoms with Gasteiger partial charge in [0.25, 0.3) is 0 Å². The van der Waals surface area contributed by atoms with Gasteiger partial charge in [-0.05, 0) is 25.3 Å². The summed E-state index contributed by atoms with van der Waals surface area (Å²) in [5.74, 6) is 0. The Balaban J connectivity index is 1.58. The summed E-state index contributed by atoms with van der Waals surface area (Å²) < 4.78 is 22.4. The number of hydrogen-bond donors (Lipinski definition) is 0. The van der Waals surface area contributed by atoms with Crippen molar-refractivity contribution in [1.82, 2.24) is 0 Å². The second-order valence-corrected chi connectivity index (χ2v) is 6.48. The van der Waals surface area contributed by atoms with Crippen molar-refractivity contribution >= 4 is 9.28 Å². The molecule has 3 atom stereocenters. The monoisotopic (exact) mass is 246 g/mol. The number of rotatable bonds is 7. The molecule has 2 aliphatic rings. The highest BCUT2D eigenvalue weighted by Crippen LogP contribution is 2.21. The van der Waals surface area contributed by atoms with Gasteiger partial charge in [0, 0.05) is 6.61 Å². The Labute approximate surface area is 99.1 Å². The van der Waals surface area contributed by atoms with Crippen molar-refractivity contribution in [3.8, 4) is 0 Å². The maximum absolute atomic E-state index is 5.85. The smallest absolute Gasteiger partial charge is 0.323 e. The van der Waals surface area contributed by atoms with E-state index in [0.717, 1.165) is 32.1 Å². The molecular weight excluding hydrogens is 224 g/mol. The molecular formula is C11H22O4Si. The topological polar surface area (TPSA) is 40.2 Å². The fourth-order valence-electron chi connectivity index (χ4n) is 1.74. The average molecular weight is 246 g/mol. The molecule has 2 aliphatic heterocycles. The first-order chi connectivity index (χ1) is 7.88. The van der Waals surface area contributed by atoms with E-state index in [1.807, 2.05) is 0 Å². The number of hydrogen-bond acceptors (Lipinski definition) is 4. The lowest BCUT2D eigenvalue weighted by Gasteiger charge is -2.28. The summed E-state index contributed by atoms with van der Waals surface area (Å²) >= 11 is 0. The molecule has 0 aromatic heterocycles. The quantitative estimate of drug-likeness (QED) is 0.388. The van der Waals surface area contributed by atoms with Gasteiger partial charge in [-0.2, -0.15) is 0 Å². The molecule has 16 heavy (non-hydrogen) atoms. The maximum atomic E-state index is 5.85. The van der Waals surface area contributed by atoms with Crippen molar-refractivity contribution in [2.45, 2.75) is 51.0 Å². The van der Waals surface area contributed by atoms with Crippen molar-refractivity contribution in [3.05, 3.63) is 0 Å². The summed E-state index contributed by atoms with van der Waals surface area (Å²) in [6, 6.07) is 1.13. The highest BCUT2D eigenvalue weighted by molar-refractivity contribution is 6.44. The molecule has 0 amide bonds. The molecule has 3 unspecified atom stereocenters. The summed E-state index contributed by atoms with van der Waals surface area (Å²) in [4.78, 5) is 0. The zero-order valence-electron chi connectivity index (χ0n) is 10.0. The number of unbranched alkanes of at least 4 members (excludes halogenated alkanes) is 1. The van der Waals surface area contributed by atoms with Crippen LogP contribution in [0.5, 0.6) is 0 Å². The van der Waals surface area contributed by atoms with Gasteiger partial charge in [0.05, 0.1) is 13.2 Å². The first-order valence-corrected chi connectivity index (χ1v) is 8.14. The molecule has 2 saturated heterocycles. The van der Waals surface area contributed by atoms with Gasteiger partial charge in [0.1, 0.15) is 12.4 Å². The average Bonchev–Trinajstić information content (AvgIpc) is 3.11. The van der Waals surface area contributed by atoms with Gasteiger partial charge in [0.15, 0.2) is 0 Å². The third kappa shape index (κ3) is 4.51. The lowest BCUT2D eigenvalue weighted by molar-refractivity contribution is -0.109. The minimum atomic E-state index is -1.42. The highest BCUT2D eigenvalue weighted by Gasteiger charge is 2.29. The lowest BCUT2D eigenvalue weighted by atomic mass is 10.3. The number of epoxide rings is 1. The normalized spacial score (nSPS) is 33.9. The Morgan fingerprint density at radius 1 is 1.44 bits per heavy atom. The Hall–Kier alpha value is 0.0569. The van der Waals surface area contributed by atoms with Gasteiger partial charge in [-0.3, -0.25) is 0 Å². The minimum Gasteiger partial charge on any atom is -0.396 e. The van der Waals surface area contributed by atoms with Crippen LogP contribution in [0.3, 0.4) is 0 Å². The molecule has 0 radical (unpaired) electrons. The molecule has 0 aromatic rings. The zero-order valence-corrected chi connectivity index (χ0v) is 11.2. The first kappa shape index (κ1) is 12.5. The van der Waals surface area contributed by atoms with Crippen molar-refractivity contribution in [2.24, 2.45) is 0 Å². The SMILES string of the molecule is CCCCO[SiH]1CCCC(OCC2CO2)O1. The summed E-state index contributed by atoms with van der Waals surface area (Å²) in [5.41, 5.74) is 0. The summed E-state index contributed by atoms with van der Waals surface area (Å²) in [6.45, 7) is 4.56. The van der Waals surface area contributed by atoms with Crippen molar-refractivity contribution in [1.29, 1.82) is 0 Å². The van der Waals surface area contributed by atoms with Crippen LogP contribution in [0.25, 0.3) is 0 Å². The van der Waals surface area contributed by atoms with Crippen LogP contribution in [0.15, 0.2) is 0 Å². The van der Waals surface area contributed by atoms with Gasteiger partial charge < -0.3 is 18.3 Å². The van der Waals surface area contributed by atoms with E-state index in [-0.39, 0.29) is 6.29 Å². The van der Waals surface area contributed by atoms with E-state index in [2.05, 4.69) is 6.92 Å². The fourth-order valence-corrected chi connectivity index (χ4v) is 3.67. The molecule has 5 heteroatoms. The largest absolute Gasteiger partial charge is 0.396 e. The van der Waals surface area contributed by atoms with Crippen LogP contribution in [0.1, 0.15) is 32.6 Å². The summed E-state index contributed by atoms with van der Waals surface area (Å²) in [6.07, 6.45) is 4.80. The van der Waals surface area contributed by atoms with Crippen molar-refractivity contribution in [3.63, 3.8) is 0 Å². The van der Waals surface area contributed by atoms with E-state index in [1.54, 1.807) is 0 Å². The molecule has 0 saturated carbocycles. The van der Waals surface area contributed by atoms with Gasteiger partial charge in [0.2, 0.25) is 0 Å². The van der Waals surface area contributed by atoms with Crippen LogP contribution >= 0.6 is 0 Å². The third-order valence-corrected chi connectivity index (χ3v) is 4.95. The molecule has 4 nitrogen and oxygen atoms in total. The molecule has 2 heterocycles. The summed E-state index contributed by atoms with van der Waals surface area (Å²) in [7, 11) is -1.42. The van der Waals surface area contributed by atoms with Crippen molar-refractivity contribution in [2.75, 3.05) is 19.8 Å². The molecule has 2 fully saturated rings. The van der Waals surface area contributed by atoms with Crippen molar-refractivity contribution < 1.29 is 18.3 Å². The van der Waals surface area contributed by atoms with E-state index in [1.165, 1.54) is 12.8 Å². The van der Waals surface area contributed by atoms with E-state index in [0.29, 0.717) is 12.7 Å². The predicted molar refractivity (Wildman–Crippen MR) is 62.6 cm³/mol. The molecule has 0 bridgehead atoms. The molecule has 0 aromatic carbocycles. The Morgan fingerprint density at radius 3 is 3.06 bits per heavy atom. The van der Waals surface area contributed by atoms with Gasteiger partial charge in [-0.25, -0.2) is 0 Å². The van der Waals surface area contributed by atoms with Crippen LogP contribution in [0.2, 0.25) is 6.04 Å². The molecule has 0 aliphatic carbocycles. The Morgan fingerprint density at radius 2 is 2.31 bits per heavy atom. The first-order valence-electron chi connectivity index (χ1n) is 6.38. The molecule has 0 N–H and O–H groups in total. The lowest BCUT2D eigenvalue weighted by Crippen LogP contribution is -2.35.